The number of amides is 3. The molecule has 3 amide bonds. The summed E-state index contributed by atoms with van der Waals surface area (Å²) in [5.74, 6) is -1.56. The Hall–Kier alpha value is -2.50. The van der Waals surface area contributed by atoms with Crippen LogP contribution in [-0.4, -0.2) is 29.2 Å². The summed E-state index contributed by atoms with van der Waals surface area (Å²) in [6, 6.07) is 5.92. The normalized spacial score (nSPS) is 30.1. The van der Waals surface area contributed by atoms with Crippen LogP contribution < -0.4 is 5.32 Å². The Labute approximate surface area is 138 Å². The number of nitrogens with one attached hydrogen (secondary N) is 1. The Bertz CT molecular complexity index is 730. The number of fused-ring (bicyclic) bond motifs is 5. The molecular formula is C18H17FN2O3. The monoisotopic (exact) mass is 328 g/mol. The average molecular weight is 328 g/mol. The van der Waals surface area contributed by atoms with Gasteiger partial charge in [-0.05, 0) is 36.0 Å². The Morgan fingerprint density at radius 2 is 1.83 bits per heavy atom. The molecule has 1 aliphatic heterocycles. The number of nitrogens with zero attached hydrogens (tertiary/aromatic N) is 1. The molecule has 1 N–H and O–H groups in total. The number of imide groups is 1. The zero-order chi connectivity index (χ0) is 16.8. The minimum absolute atomic E-state index is 0.136. The van der Waals surface area contributed by atoms with E-state index in [9.17, 15) is 18.8 Å². The molecule has 1 aromatic rings. The lowest BCUT2D eigenvalue weighted by molar-refractivity contribution is -0.144. The second-order valence-electron chi connectivity index (χ2n) is 6.67. The van der Waals surface area contributed by atoms with Crippen molar-refractivity contribution >= 4 is 17.7 Å². The molecule has 6 heteroatoms. The molecule has 4 rings (SSSR count). The van der Waals surface area contributed by atoms with E-state index in [4.69, 9.17) is 0 Å². The molecule has 1 saturated carbocycles. The maximum absolute atomic E-state index is 13.1. The predicted molar refractivity (Wildman–Crippen MR) is 82.7 cm³/mol. The standard InChI is InChI=1S/C18H17FN2O3/c19-13-3-1-2-10(6-13)8-20-14(22)9-21-17(23)15-11-4-5-12(7-11)16(15)18(21)24/h1-6,11-12,15-16H,7-9H2,(H,20,22)/t11-,12-,15+,16+/m0/s1. The first-order valence-corrected chi connectivity index (χ1v) is 8.09. The van der Waals surface area contributed by atoms with Gasteiger partial charge in [0.15, 0.2) is 0 Å². The lowest BCUT2D eigenvalue weighted by Crippen LogP contribution is -2.41. The van der Waals surface area contributed by atoms with Crippen LogP contribution in [0.4, 0.5) is 4.39 Å². The van der Waals surface area contributed by atoms with Crippen molar-refractivity contribution in [2.45, 2.75) is 13.0 Å². The first-order chi connectivity index (χ1) is 11.5. The number of allylic oxidation sites excluding steroid dienone is 2. The highest BCUT2D eigenvalue weighted by Crippen LogP contribution is 2.52. The van der Waals surface area contributed by atoms with Gasteiger partial charge in [0, 0.05) is 6.54 Å². The maximum Gasteiger partial charge on any atom is 0.240 e. The van der Waals surface area contributed by atoms with Crippen molar-refractivity contribution in [1.29, 1.82) is 0 Å². The topological polar surface area (TPSA) is 66.5 Å². The zero-order valence-electron chi connectivity index (χ0n) is 12.9. The van der Waals surface area contributed by atoms with Crippen LogP contribution in [0.1, 0.15) is 12.0 Å². The third-order valence-corrected chi connectivity index (χ3v) is 5.24. The summed E-state index contributed by atoms with van der Waals surface area (Å²) in [6.07, 6.45) is 4.90. The van der Waals surface area contributed by atoms with E-state index in [-0.39, 0.29) is 54.4 Å². The van der Waals surface area contributed by atoms with Gasteiger partial charge in [-0.15, -0.1) is 0 Å². The van der Waals surface area contributed by atoms with Crippen molar-refractivity contribution < 1.29 is 18.8 Å². The summed E-state index contributed by atoms with van der Waals surface area (Å²) in [4.78, 5) is 38.1. The third kappa shape index (κ3) is 2.33. The molecule has 0 aromatic heterocycles. The molecule has 0 unspecified atom stereocenters. The fraction of sp³-hybridized carbons (Fsp3) is 0.389. The fourth-order valence-corrected chi connectivity index (χ4v) is 4.17. The van der Waals surface area contributed by atoms with Gasteiger partial charge in [-0.2, -0.15) is 0 Å². The first-order valence-electron chi connectivity index (χ1n) is 8.09. The van der Waals surface area contributed by atoms with E-state index < -0.39 is 5.91 Å². The molecule has 2 bridgehead atoms. The molecule has 1 aromatic carbocycles. The summed E-state index contributed by atoms with van der Waals surface area (Å²) in [5, 5.41) is 2.63. The van der Waals surface area contributed by atoms with Crippen LogP contribution in [0.15, 0.2) is 36.4 Å². The molecule has 1 heterocycles. The van der Waals surface area contributed by atoms with E-state index in [2.05, 4.69) is 5.32 Å². The number of halogens is 1. The number of benzene rings is 1. The molecule has 3 aliphatic rings. The Balaban J connectivity index is 1.38. The smallest absolute Gasteiger partial charge is 0.240 e. The lowest BCUT2D eigenvalue weighted by atomic mass is 9.85. The van der Waals surface area contributed by atoms with Crippen molar-refractivity contribution in [2.75, 3.05) is 6.54 Å². The van der Waals surface area contributed by atoms with E-state index in [1.807, 2.05) is 12.2 Å². The van der Waals surface area contributed by atoms with Crippen molar-refractivity contribution in [2.24, 2.45) is 23.7 Å². The lowest BCUT2D eigenvalue weighted by Gasteiger charge is -2.16. The van der Waals surface area contributed by atoms with E-state index >= 15 is 0 Å². The molecule has 0 spiro atoms. The third-order valence-electron chi connectivity index (χ3n) is 5.24. The predicted octanol–water partition coefficient (Wildman–Crippen LogP) is 1.25. The fourth-order valence-electron chi connectivity index (χ4n) is 4.17. The molecule has 4 atom stereocenters. The van der Waals surface area contributed by atoms with Crippen LogP contribution in [0.2, 0.25) is 0 Å². The van der Waals surface area contributed by atoms with Gasteiger partial charge in [-0.3, -0.25) is 19.3 Å². The number of rotatable bonds is 4. The van der Waals surface area contributed by atoms with Gasteiger partial charge in [-0.1, -0.05) is 24.3 Å². The molecule has 24 heavy (non-hydrogen) atoms. The van der Waals surface area contributed by atoms with Gasteiger partial charge in [-0.25, -0.2) is 4.39 Å². The first kappa shape index (κ1) is 15.1. The highest BCUT2D eigenvalue weighted by atomic mass is 19.1. The average Bonchev–Trinajstić information content (AvgIpc) is 3.23. The molecule has 1 saturated heterocycles. The van der Waals surface area contributed by atoms with Crippen LogP contribution in [0.5, 0.6) is 0 Å². The van der Waals surface area contributed by atoms with Gasteiger partial charge < -0.3 is 5.32 Å². The van der Waals surface area contributed by atoms with Crippen LogP contribution in [-0.2, 0) is 20.9 Å². The Kier molecular flexibility index (Phi) is 3.48. The minimum Gasteiger partial charge on any atom is -0.350 e. The number of carbonyl (C=O) groups is 3. The second kappa shape index (κ2) is 5.54. The Morgan fingerprint density at radius 3 is 2.46 bits per heavy atom. The van der Waals surface area contributed by atoms with Crippen LogP contribution in [0, 0.1) is 29.5 Å². The van der Waals surface area contributed by atoms with E-state index in [1.165, 1.54) is 12.1 Å². The van der Waals surface area contributed by atoms with Crippen LogP contribution >= 0.6 is 0 Å². The molecule has 2 fully saturated rings. The number of hydrogen-bond donors (Lipinski definition) is 1. The summed E-state index contributed by atoms with van der Waals surface area (Å²) < 4.78 is 13.1. The molecule has 2 aliphatic carbocycles. The van der Waals surface area contributed by atoms with Gasteiger partial charge in [0.25, 0.3) is 0 Å². The summed E-state index contributed by atoms with van der Waals surface area (Å²) in [5.41, 5.74) is 0.626. The molecule has 124 valence electrons. The summed E-state index contributed by atoms with van der Waals surface area (Å²) >= 11 is 0. The quantitative estimate of drug-likeness (QED) is 0.668. The summed E-state index contributed by atoms with van der Waals surface area (Å²) in [7, 11) is 0. The minimum atomic E-state index is -0.416. The largest absolute Gasteiger partial charge is 0.350 e. The highest BCUT2D eigenvalue weighted by Gasteiger charge is 2.59. The summed E-state index contributed by atoms with van der Waals surface area (Å²) in [6.45, 7) is -0.105. The zero-order valence-corrected chi connectivity index (χ0v) is 12.9. The highest BCUT2D eigenvalue weighted by molar-refractivity contribution is 6.08. The SMILES string of the molecule is O=C(CN1C(=O)[C@H]2[C@H](C1=O)[C@H]1C=C[C@H]2C1)NCc1cccc(F)c1. The van der Waals surface area contributed by atoms with Crippen LogP contribution in [0.3, 0.4) is 0 Å². The second-order valence-corrected chi connectivity index (χ2v) is 6.67. The molecular weight excluding hydrogens is 311 g/mol. The number of carbonyl (C=O) groups excluding carboxylic acids is 3. The van der Waals surface area contributed by atoms with Gasteiger partial charge in [0.2, 0.25) is 17.7 Å². The van der Waals surface area contributed by atoms with Crippen LogP contribution in [0.25, 0.3) is 0 Å². The van der Waals surface area contributed by atoms with Gasteiger partial charge >= 0.3 is 0 Å². The Morgan fingerprint density at radius 1 is 1.17 bits per heavy atom. The van der Waals surface area contributed by atoms with Crippen molar-refractivity contribution in [1.82, 2.24) is 10.2 Å². The number of hydrogen-bond acceptors (Lipinski definition) is 3. The van der Waals surface area contributed by atoms with E-state index in [0.29, 0.717) is 5.56 Å². The molecule has 5 nitrogen and oxygen atoms in total. The van der Waals surface area contributed by atoms with Crippen molar-refractivity contribution in [3.05, 3.63) is 47.8 Å². The maximum atomic E-state index is 13.1. The number of likely N-dealkylation sites (tertiary alicyclic amines) is 1. The van der Waals surface area contributed by atoms with E-state index in [1.54, 1.807) is 12.1 Å². The van der Waals surface area contributed by atoms with Crippen molar-refractivity contribution in [3.8, 4) is 0 Å². The van der Waals surface area contributed by atoms with Crippen molar-refractivity contribution in [3.63, 3.8) is 0 Å². The van der Waals surface area contributed by atoms with E-state index in [0.717, 1.165) is 11.3 Å². The van der Waals surface area contributed by atoms with Gasteiger partial charge in [0.1, 0.15) is 12.4 Å². The molecule has 0 radical (unpaired) electrons. The van der Waals surface area contributed by atoms with Gasteiger partial charge in [0.05, 0.1) is 11.8 Å².